The quantitative estimate of drug-likeness (QED) is 0.119. The monoisotopic (exact) mass is 1120 g/mol. The summed E-state index contributed by atoms with van der Waals surface area (Å²) >= 11 is 0. The van der Waals surface area contributed by atoms with Crippen LogP contribution >= 0.6 is 0 Å². The number of benzene rings is 14. The zero-order chi connectivity index (χ0) is 59.1. The van der Waals surface area contributed by atoms with Crippen LogP contribution in [0.1, 0.15) is 72.2 Å². The first kappa shape index (κ1) is 52.7. The molecule has 2 aliphatic carbocycles. The Morgan fingerprint density at radius 2 is 0.455 bits per heavy atom. The number of rotatable bonds is 11. The molecule has 0 fully saturated rings. The highest BCUT2D eigenvalue weighted by molar-refractivity contribution is 5.97. The van der Waals surface area contributed by atoms with E-state index in [1.165, 1.54) is 121 Å². The average molecular weight is 1130 g/mol. The van der Waals surface area contributed by atoms with E-state index in [1.54, 1.807) is 0 Å². The number of nitrogens with zero attached hydrogens (tertiary/aromatic N) is 2. The van der Waals surface area contributed by atoms with Gasteiger partial charge in [-0.1, -0.05) is 270 Å². The largest absolute Gasteiger partial charge is 0.310 e. The van der Waals surface area contributed by atoms with Gasteiger partial charge in [0.2, 0.25) is 0 Å². The Kier molecular flexibility index (Phi) is 12.6. The minimum absolute atomic E-state index is 0.196. The Balaban J connectivity index is 0.609. The second-order valence-corrected chi connectivity index (χ2v) is 25.0. The summed E-state index contributed by atoms with van der Waals surface area (Å²) in [6.07, 6.45) is 8.99. The molecule has 88 heavy (non-hydrogen) atoms. The Morgan fingerprint density at radius 1 is 0.216 bits per heavy atom. The van der Waals surface area contributed by atoms with Gasteiger partial charge < -0.3 is 9.80 Å². The van der Waals surface area contributed by atoms with Gasteiger partial charge in [0.25, 0.3) is 0 Å². The molecule has 0 heterocycles. The van der Waals surface area contributed by atoms with Crippen molar-refractivity contribution < 1.29 is 0 Å². The highest BCUT2D eigenvalue weighted by atomic mass is 15.1. The van der Waals surface area contributed by atoms with Crippen molar-refractivity contribution in [2.24, 2.45) is 0 Å². The topological polar surface area (TPSA) is 6.48 Å². The molecule has 14 aromatic carbocycles. The molecule has 0 atom stereocenters. The van der Waals surface area contributed by atoms with Gasteiger partial charge in [0, 0.05) is 45.0 Å². The molecule has 0 aliphatic heterocycles. The van der Waals surface area contributed by atoms with E-state index in [2.05, 4.69) is 353 Å². The van der Waals surface area contributed by atoms with Crippen LogP contribution in [-0.2, 0) is 10.8 Å². The highest BCUT2D eigenvalue weighted by Crippen LogP contribution is 2.53. The van der Waals surface area contributed by atoms with Crippen LogP contribution in [0.5, 0.6) is 0 Å². The lowest BCUT2D eigenvalue weighted by Crippen LogP contribution is -2.16. The van der Waals surface area contributed by atoms with E-state index in [0.29, 0.717) is 0 Å². The molecular formula is C86H64N2. The van der Waals surface area contributed by atoms with Crippen molar-refractivity contribution in [3.63, 3.8) is 0 Å². The molecular weight excluding hydrogens is 1060 g/mol. The first-order valence-corrected chi connectivity index (χ1v) is 30.8. The molecule has 14 aromatic rings. The van der Waals surface area contributed by atoms with Crippen LogP contribution in [0.25, 0.3) is 101 Å². The van der Waals surface area contributed by atoms with Crippen molar-refractivity contribution in [2.75, 3.05) is 9.80 Å². The molecule has 2 nitrogen and oxygen atoms in total. The lowest BCUT2D eigenvalue weighted by molar-refractivity contribution is 0.660. The van der Waals surface area contributed by atoms with Gasteiger partial charge in [-0.2, -0.15) is 0 Å². The SMILES string of the molecule is CC1(C)c2cc(C=Cc3ccc(-c4ccc(C=Cc5ccc6c(c5)C(C)(C)c5cc(N(c7ccc8ccccc8c7)c7ccc8ccccc8c7)ccc5-6)cc4)cc3)ccc2-c2ccc(N(c3ccc4ccccc4c3)c3ccc4ccccc4c3)cc21. The molecule has 0 saturated heterocycles. The van der Waals surface area contributed by atoms with E-state index < -0.39 is 0 Å². The molecule has 0 radical (unpaired) electrons. The lowest BCUT2D eigenvalue weighted by atomic mass is 9.81. The minimum Gasteiger partial charge on any atom is -0.310 e. The van der Waals surface area contributed by atoms with Gasteiger partial charge in [-0.05, 0) is 194 Å². The van der Waals surface area contributed by atoms with Gasteiger partial charge in [0.1, 0.15) is 0 Å². The standard InChI is InChI=1S/C86H64N2/c1-85(2)81-49-59(29-45-77(81)79-47-43-75(55-83(79)85)87(71-39-35-61-13-5-9-17-67(61)51-71)72-40-36-62-14-6-10-18-68(62)52-72)23-21-57-25-31-65(32-26-57)66-33-27-58(28-34-66)22-24-60-30-46-78-80-48-44-76(56-84(80)86(3,4)82(78)50-60)88(73-41-37-63-15-7-11-19-69(63)53-73)74-42-38-64-16-8-12-20-70(64)54-74/h5-56H,1-4H3. The predicted octanol–water partition coefficient (Wildman–Crippen LogP) is 23.9. The van der Waals surface area contributed by atoms with Gasteiger partial charge in [-0.25, -0.2) is 0 Å². The molecule has 0 aromatic heterocycles. The van der Waals surface area contributed by atoms with E-state index >= 15 is 0 Å². The third-order valence-corrected chi connectivity index (χ3v) is 18.9. The zero-order valence-electron chi connectivity index (χ0n) is 49.9. The summed E-state index contributed by atoms with van der Waals surface area (Å²) in [5.41, 5.74) is 24.2. The van der Waals surface area contributed by atoms with E-state index in [-0.39, 0.29) is 10.8 Å². The maximum atomic E-state index is 2.43. The van der Waals surface area contributed by atoms with Crippen LogP contribution in [0.2, 0.25) is 0 Å². The zero-order valence-corrected chi connectivity index (χ0v) is 49.9. The van der Waals surface area contributed by atoms with Crippen molar-refractivity contribution in [1.29, 1.82) is 0 Å². The number of fused-ring (bicyclic) bond motifs is 10. The Bertz CT molecular complexity index is 4670. The molecule has 0 bridgehead atoms. The summed E-state index contributed by atoms with van der Waals surface area (Å²) in [6.45, 7) is 9.52. The van der Waals surface area contributed by atoms with Gasteiger partial charge in [-0.3, -0.25) is 0 Å². The van der Waals surface area contributed by atoms with E-state index in [4.69, 9.17) is 0 Å². The third kappa shape index (κ3) is 9.28. The molecule has 0 spiro atoms. The Labute approximate surface area is 515 Å². The molecule has 0 saturated carbocycles. The molecule has 418 valence electrons. The molecule has 0 amide bonds. The van der Waals surface area contributed by atoms with Crippen LogP contribution < -0.4 is 9.80 Å². The fraction of sp³-hybridized carbons (Fsp3) is 0.0698. The van der Waals surface area contributed by atoms with Gasteiger partial charge >= 0.3 is 0 Å². The number of hydrogen-bond acceptors (Lipinski definition) is 2. The second-order valence-electron chi connectivity index (χ2n) is 25.0. The fourth-order valence-corrected chi connectivity index (χ4v) is 14.1. The summed E-state index contributed by atoms with van der Waals surface area (Å²) in [5.74, 6) is 0. The fourth-order valence-electron chi connectivity index (χ4n) is 14.1. The second kappa shape index (κ2) is 21.0. The van der Waals surface area contributed by atoms with Gasteiger partial charge in [-0.15, -0.1) is 0 Å². The highest BCUT2D eigenvalue weighted by Gasteiger charge is 2.38. The van der Waals surface area contributed by atoms with Crippen molar-refractivity contribution >= 4 is 102 Å². The van der Waals surface area contributed by atoms with Crippen molar-refractivity contribution in [2.45, 2.75) is 38.5 Å². The molecule has 2 aliphatic rings. The Morgan fingerprint density at radius 3 is 0.773 bits per heavy atom. The summed E-state index contributed by atoms with van der Waals surface area (Å²) < 4.78 is 0. The Hall–Kier alpha value is -10.8. The van der Waals surface area contributed by atoms with Gasteiger partial charge in [0.05, 0.1) is 0 Å². The maximum Gasteiger partial charge on any atom is 0.0468 e. The lowest BCUT2D eigenvalue weighted by Gasteiger charge is -2.28. The van der Waals surface area contributed by atoms with Crippen molar-refractivity contribution in [3.05, 3.63) is 336 Å². The van der Waals surface area contributed by atoms with Crippen LogP contribution in [0.15, 0.2) is 291 Å². The van der Waals surface area contributed by atoms with Crippen molar-refractivity contribution in [1.82, 2.24) is 0 Å². The molecule has 0 unspecified atom stereocenters. The van der Waals surface area contributed by atoms with Crippen LogP contribution in [0.4, 0.5) is 34.1 Å². The smallest absolute Gasteiger partial charge is 0.0468 e. The van der Waals surface area contributed by atoms with E-state index in [1.807, 2.05) is 0 Å². The third-order valence-electron chi connectivity index (χ3n) is 18.9. The van der Waals surface area contributed by atoms with Crippen molar-refractivity contribution in [3.8, 4) is 33.4 Å². The number of hydrogen-bond donors (Lipinski definition) is 0. The summed E-state index contributed by atoms with van der Waals surface area (Å²) in [6, 6.07) is 108. The maximum absolute atomic E-state index is 2.43. The van der Waals surface area contributed by atoms with Gasteiger partial charge in [0.15, 0.2) is 0 Å². The van der Waals surface area contributed by atoms with E-state index in [9.17, 15) is 0 Å². The number of anilines is 6. The van der Waals surface area contributed by atoms with Crippen LogP contribution in [-0.4, -0.2) is 0 Å². The summed E-state index contributed by atoms with van der Waals surface area (Å²) in [7, 11) is 0. The molecule has 16 rings (SSSR count). The first-order valence-electron chi connectivity index (χ1n) is 30.8. The minimum atomic E-state index is -0.196. The molecule has 2 heteroatoms. The molecule has 0 N–H and O–H groups in total. The first-order chi connectivity index (χ1) is 43.1. The van der Waals surface area contributed by atoms with E-state index in [0.717, 1.165) is 34.1 Å². The summed E-state index contributed by atoms with van der Waals surface area (Å²) in [5, 5.41) is 9.85. The summed E-state index contributed by atoms with van der Waals surface area (Å²) in [4.78, 5) is 4.84. The average Bonchev–Trinajstić information content (AvgIpc) is 1.62. The van der Waals surface area contributed by atoms with Crippen LogP contribution in [0.3, 0.4) is 0 Å². The van der Waals surface area contributed by atoms with Crippen LogP contribution in [0, 0.1) is 0 Å². The predicted molar refractivity (Wildman–Crippen MR) is 377 cm³/mol. The normalized spacial score (nSPS) is 13.5.